The topological polar surface area (TPSA) is 45.6 Å². The molecule has 0 fully saturated rings. The highest BCUT2D eigenvalue weighted by atomic mass is 32.1. The lowest BCUT2D eigenvalue weighted by molar-refractivity contribution is 0.179. The summed E-state index contributed by atoms with van der Waals surface area (Å²) in [5.41, 5.74) is 0.842. The average Bonchev–Trinajstić information content (AvgIpc) is 3.05. The Hall–Kier alpha value is -0.950. The maximum Gasteiger partial charge on any atom is 0.186 e. The zero-order valence-electron chi connectivity index (χ0n) is 11.1. The summed E-state index contributed by atoms with van der Waals surface area (Å²) in [6.07, 6.45) is 0. The van der Waals surface area contributed by atoms with Crippen LogP contribution >= 0.6 is 22.7 Å². The molecule has 0 bridgehead atoms. The molecule has 2 heterocycles. The largest absolute Gasteiger partial charge is 0.391 e. The van der Waals surface area contributed by atoms with Crippen molar-refractivity contribution in [3.05, 3.63) is 33.0 Å². The van der Waals surface area contributed by atoms with E-state index in [1.807, 2.05) is 0 Å². The van der Waals surface area contributed by atoms with Gasteiger partial charge in [0.05, 0.1) is 30.3 Å². The van der Waals surface area contributed by atoms with Gasteiger partial charge in [-0.15, -0.1) is 11.3 Å². The Morgan fingerprint density at radius 3 is 2.89 bits per heavy atom. The van der Waals surface area contributed by atoms with Crippen LogP contribution < -0.4 is 4.90 Å². The number of nitrogens with zero attached hydrogens (tertiary/aromatic N) is 2. The molecular weight excluding hydrogens is 280 g/mol. The van der Waals surface area contributed by atoms with Gasteiger partial charge < -0.3 is 14.7 Å². The number of aliphatic hydroxyl groups is 1. The molecule has 0 aliphatic heterocycles. The zero-order chi connectivity index (χ0) is 13.7. The van der Waals surface area contributed by atoms with Crippen molar-refractivity contribution in [3.8, 4) is 0 Å². The van der Waals surface area contributed by atoms with Crippen LogP contribution in [0, 0.1) is 0 Å². The maximum absolute atomic E-state index is 9.37. The number of hydrogen-bond donors (Lipinski definition) is 1. The lowest BCUT2D eigenvalue weighted by Gasteiger charge is -2.18. The highest BCUT2D eigenvalue weighted by Crippen LogP contribution is 2.28. The van der Waals surface area contributed by atoms with E-state index in [4.69, 9.17) is 4.74 Å². The molecule has 0 amide bonds. The fourth-order valence-electron chi connectivity index (χ4n) is 1.78. The molecule has 19 heavy (non-hydrogen) atoms. The standard InChI is InChI=1S/C13H18N2O2S2/c1-3-15(7-10-5-4-6-18-10)13-14-11(9-17-2)12(8-16)19-13/h4-6,16H,3,7-9H2,1-2H3. The number of aromatic nitrogens is 1. The van der Waals surface area contributed by atoms with Crippen molar-refractivity contribution in [2.45, 2.75) is 26.7 Å². The van der Waals surface area contributed by atoms with E-state index in [1.165, 1.54) is 4.88 Å². The van der Waals surface area contributed by atoms with E-state index in [1.54, 1.807) is 29.8 Å². The van der Waals surface area contributed by atoms with Crippen LogP contribution in [0.1, 0.15) is 22.4 Å². The third kappa shape index (κ3) is 3.54. The highest BCUT2D eigenvalue weighted by Gasteiger charge is 2.15. The summed E-state index contributed by atoms with van der Waals surface area (Å²) in [6.45, 7) is 4.33. The van der Waals surface area contributed by atoms with Crippen molar-refractivity contribution in [2.24, 2.45) is 0 Å². The molecule has 0 saturated carbocycles. The molecule has 0 atom stereocenters. The smallest absolute Gasteiger partial charge is 0.186 e. The van der Waals surface area contributed by atoms with E-state index in [2.05, 4.69) is 34.3 Å². The monoisotopic (exact) mass is 298 g/mol. The van der Waals surface area contributed by atoms with Crippen molar-refractivity contribution < 1.29 is 9.84 Å². The van der Waals surface area contributed by atoms with E-state index >= 15 is 0 Å². The first-order valence-electron chi connectivity index (χ1n) is 6.14. The number of thiophene rings is 1. The van der Waals surface area contributed by atoms with Gasteiger partial charge in [0.2, 0.25) is 0 Å². The summed E-state index contributed by atoms with van der Waals surface area (Å²) in [5.74, 6) is 0. The SMILES string of the molecule is CCN(Cc1cccs1)c1nc(COC)c(CO)s1. The summed E-state index contributed by atoms with van der Waals surface area (Å²) in [6, 6.07) is 4.19. The Morgan fingerprint density at radius 1 is 1.47 bits per heavy atom. The van der Waals surface area contributed by atoms with E-state index in [9.17, 15) is 5.11 Å². The Kier molecular flexibility index (Phi) is 5.33. The van der Waals surface area contributed by atoms with Gasteiger partial charge in [-0.05, 0) is 18.4 Å². The van der Waals surface area contributed by atoms with E-state index < -0.39 is 0 Å². The van der Waals surface area contributed by atoms with Crippen LogP contribution in [0.25, 0.3) is 0 Å². The molecule has 6 heteroatoms. The molecule has 104 valence electrons. The van der Waals surface area contributed by atoms with Crippen LogP contribution in [-0.4, -0.2) is 23.7 Å². The third-order valence-electron chi connectivity index (χ3n) is 2.77. The lowest BCUT2D eigenvalue weighted by Crippen LogP contribution is -2.21. The number of methoxy groups -OCH3 is 1. The number of hydrogen-bond acceptors (Lipinski definition) is 6. The molecule has 0 aliphatic rings. The number of rotatable bonds is 7. The van der Waals surface area contributed by atoms with Gasteiger partial charge in [0.15, 0.2) is 5.13 Å². The quantitative estimate of drug-likeness (QED) is 0.854. The molecule has 0 spiro atoms. The van der Waals surface area contributed by atoms with E-state index in [0.29, 0.717) is 6.61 Å². The summed E-state index contributed by atoms with van der Waals surface area (Å²) < 4.78 is 5.12. The van der Waals surface area contributed by atoms with Crippen molar-refractivity contribution in [1.82, 2.24) is 4.98 Å². The molecule has 4 nitrogen and oxygen atoms in total. The summed E-state index contributed by atoms with van der Waals surface area (Å²) in [4.78, 5) is 9.01. The first kappa shape index (κ1) is 14.5. The second-order valence-corrected chi connectivity index (χ2v) is 6.15. The van der Waals surface area contributed by atoms with Gasteiger partial charge in [-0.2, -0.15) is 0 Å². The van der Waals surface area contributed by atoms with Crippen molar-refractivity contribution in [1.29, 1.82) is 0 Å². The maximum atomic E-state index is 9.37. The van der Waals surface area contributed by atoms with Gasteiger partial charge in [0.25, 0.3) is 0 Å². The van der Waals surface area contributed by atoms with Gasteiger partial charge in [-0.25, -0.2) is 4.98 Å². The number of thiazole rings is 1. The molecule has 2 aromatic rings. The molecule has 0 radical (unpaired) electrons. The fraction of sp³-hybridized carbons (Fsp3) is 0.462. The second kappa shape index (κ2) is 7.00. The molecule has 2 rings (SSSR count). The first-order chi connectivity index (χ1) is 9.28. The molecule has 0 aromatic carbocycles. The van der Waals surface area contributed by atoms with Crippen molar-refractivity contribution in [2.75, 3.05) is 18.6 Å². The summed E-state index contributed by atoms with van der Waals surface area (Å²) in [7, 11) is 1.64. The normalized spacial score (nSPS) is 10.9. The van der Waals surface area contributed by atoms with E-state index in [0.717, 1.165) is 28.8 Å². The number of anilines is 1. The molecule has 1 N–H and O–H groups in total. The Bertz CT molecular complexity index is 497. The second-order valence-electron chi connectivity index (χ2n) is 4.05. The minimum absolute atomic E-state index is 0.0208. The van der Waals surface area contributed by atoms with Crippen LogP contribution in [0.5, 0.6) is 0 Å². The Labute approximate surface area is 121 Å². The predicted octanol–water partition coefficient (Wildman–Crippen LogP) is 2.87. The van der Waals surface area contributed by atoms with Gasteiger partial charge in [0, 0.05) is 18.5 Å². The van der Waals surface area contributed by atoms with E-state index in [-0.39, 0.29) is 6.61 Å². The average molecular weight is 298 g/mol. The summed E-state index contributed by atoms with van der Waals surface area (Å²) in [5, 5.41) is 12.4. The number of aliphatic hydroxyl groups excluding tert-OH is 1. The predicted molar refractivity (Wildman–Crippen MR) is 79.8 cm³/mol. The van der Waals surface area contributed by atoms with Crippen molar-refractivity contribution in [3.63, 3.8) is 0 Å². The van der Waals surface area contributed by atoms with Crippen LogP contribution in [0.2, 0.25) is 0 Å². The molecule has 0 unspecified atom stereocenters. The third-order valence-corrected chi connectivity index (χ3v) is 4.77. The van der Waals surface area contributed by atoms with Crippen molar-refractivity contribution >= 4 is 27.8 Å². The van der Waals surface area contributed by atoms with Gasteiger partial charge in [0.1, 0.15) is 0 Å². The highest BCUT2D eigenvalue weighted by molar-refractivity contribution is 7.15. The Morgan fingerprint density at radius 2 is 2.32 bits per heavy atom. The molecule has 0 aliphatic carbocycles. The lowest BCUT2D eigenvalue weighted by atomic mass is 10.4. The zero-order valence-corrected chi connectivity index (χ0v) is 12.8. The van der Waals surface area contributed by atoms with Gasteiger partial charge >= 0.3 is 0 Å². The van der Waals surface area contributed by atoms with Gasteiger partial charge in [-0.1, -0.05) is 17.4 Å². The van der Waals surface area contributed by atoms with Crippen LogP contribution in [0.15, 0.2) is 17.5 Å². The molecule has 0 saturated heterocycles. The number of ether oxygens (including phenoxy) is 1. The van der Waals surface area contributed by atoms with Crippen LogP contribution in [0.4, 0.5) is 5.13 Å². The van der Waals surface area contributed by atoms with Crippen LogP contribution in [0.3, 0.4) is 0 Å². The minimum Gasteiger partial charge on any atom is -0.391 e. The molecule has 2 aromatic heterocycles. The van der Waals surface area contributed by atoms with Crippen LogP contribution in [-0.2, 0) is 24.5 Å². The minimum atomic E-state index is 0.0208. The Balaban J connectivity index is 2.18. The first-order valence-corrected chi connectivity index (χ1v) is 7.83. The summed E-state index contributed by atoms with van der Waals surface area (Å²) >= 11 is 3.29. The fourth-order valence-corrected chi connectivity index (χ4v) is 3.49. The molecular formula is C13H18N2O2S2. The van der Waals surface area contributed by atoms with Gasteiger partial charge in [-0.3, -0.25) is 0 Å².